The van der Waals surface area contributed by atoms with Gasteiger partial charge < -0.3 is 0 Å². The average Bonchev–Trinajstić information content (AvgIpc) is 2.78. The van der Waals surface area contributed by atoms with Crippen molar-refractivity contribution >= 4 is 11.2 Å². The minimum Gasteiger partial charge on any atom is -0.295 e. The highest BCUT2D eigenvalue weighted by atomic mass is 15.1. The maximum absolute atomic E-state index is 9.00. The van der Waals surface area contributed by atoms with Gasteiger partial charge in [0.05, 0.1) is 6.07 Å². The molecule has 0 aliphatic rings. The van der Waals surface area contributed by atoms with Gasteiger partial charge in [0.15, 0.2) is 5.65 Å². The fourth-order valence-electron chi connectivity index (χ4n) is 2.14. The van der Waals surface area contributed by atoms with E-state index in [4.69, 9.17) is 5.26 Å². The van der Waals surface area contributed by atoms with E-state index in [-0.39, 0.29) is 6.54 Å². The van der Waals surface area contributed by atoms with Crippen LogP contribution in [0, 0.1) is 18.3 Å². The van der Waals surface area contributed by atoms with Crippen LogP contribution in [0.1, 0.15) is 5.56 Å². The van der Waals surface area contributed by atoms with Crippen LogP contribution in [0.4, 0.5) is 0 Å². The van der Waals surface area contributed by atoms with Crippen molar-refractivity contribution < 1.29 is 0 Å². The molecular weight excluding hydrogens is 236 g/mol. The Morgan fingerprint density at radius 3 is 2.79 bits per heavy atom. The minimum atomic E-state index is 0.247. The number of nitriles is 1. The number of rotatable bonds is 2. The lowest BCUT2D eigenvalue weighted by Crippen LogP contribution is -1.99. The molecule has 19 heavy (non-hydrogen) atoms. The van der Waals surface area contributed by atoms with E-state index in [0.717, 1.165) is 28.1 Å². The Labute approximate surface area is 111 Å². The Hall–Kier alpha value is -2.67. The number of benzene rings is 1. The lowest BCUT2D eigenvalue weighted by Gasteiger charge is -2.03. The molecule has 0 fully saturated rings. The van der Waals surface area contributed by atoms with Crippen molar-refractivity contribution in [2.45, 2.75) is 13.5 Å². The Morgan fingerprint density at radius 1 is 1.26 bits per heavy atom. The normalized spacial score (nSPS) is 10.5. The Morgan fingerprint density at radius 2 is 2.05 bits per heavy atom. The van der Waals surface area contributed by atoms with Gasteiger partial charge in [-0.3, -0.25) is 4.57 Å². The first-order valence-corrected chi connectivity index (χ1v) is 6.05. The van der Waals surface area contributed by atoms with Gasteiger partial charge in [0.2, 0.25) is 0 Å². The van der Waals surface area contributed by atoms with Gasteiger partial charge in [-0.15, -0.1) is 0 Å². The van der Waals surface area contributed by atoms with Gasteiger partial charge in [-0.2, -0.15) is 5.26 Å². The predicted molar refractivity (Wildman–Crippen MR) is 73.3 cm³/mol. The molecule has 3 aromatic rings. The van der Waals surface area contributed by atoms with Gasteiger partial charge in [-0.05, 0) is 18.6 Å². The molecule has 0 amide bonds. The fraction of sp³-hybridized carbons (Fsp3) is 0.133. The van der Waals surface area contributed by atoms with Crippen LogP contribution in [0.25, 0.3) is 22.6 Å². The fourth-order valence-corrected chi connectivity index (χ4v) is 2.14. The third kappa shape index (κ3) is 1.95. The summed E-state index contributed by atoms with van der Waals surface area (Å²) in [6, 6.07) is 14.0. The highest BCUT2D eigenvalue weighted by Gasteiger charge is 2.13. The minimum absolute atomic E-state index is 0.247. The lowest BCUT2D eigenvalue weighted by atomic mass is 10.2. The summed E-state index contributed by atoms with van der Waals surface area (Å²) in [6.07, 6.45) is 1.80. The van der Waals surface area contributed by atoms with Gasteiger partial charge in [0, 0.05) is 11.8 Å². The third-order valence-electron chi connectivity index (χ3n) is 2.98. The lowest BCUT2D eigenvalue weighted by molar-refractivity contribution is 0.858. The molecular formula is C15H12N4. The molecule has 3 rings (SSSR count). The average molecular weight is 248 g/mol. The molecule has 2 heterocycles. The van der Waals surface area contributed by atoms with Crippen LogP contribution < -0.4 is 0 Å². The van der Waals surface area contributed by atoms with Crippen LogP contribution in [0.15, 0.2) is 42.6 Å². The summed E-state index contributed by atoms with van der Waals surface area (Å²) in [5.74, 6) is 0.787. The number of fused-ring (bicyclic) bond motifs is 1. The van der Waals surface area contributed by atoms with E-state index in [1.165, 1.54) is 0 Å². The topological polar surface area (TPSA) is 54.5 Å². The van der Waals surface area contributed by atoms with Crippen molar-refractivity contribution in [1.82, 2.24) is 14.5 Å². The molecule has 0 unspecified atom stereocenters. The third-order valence-corrected chi connectivity index (χ3v) is 2.98. The van der Waals surface area contributed by atoms with Crippen molar-refractivity contribution in [2.75, 3.05) is 0 Å². The Kier molecular flexibility index (Phi) is 2.73. The zero-order valence-electron chi connectivity index (χ0n) is 10.5. The van der Waals surface area contributed by atoms with Crippen LogP contribution in [0.5, 0.6) is 0 Å². The van der Waals surface area contributed by atoms with E-state index in [2.05, 4.69) is 16.0 Å². The van der Waals surface area contributed by atoms with E-state index in [9.17, 15) is 0 Å². The summed E-state index contributed by atoms with van der Waals surface area (Å²) < 4.78 is 1.85. The number of aryl methyl sites for hydroxylation is 1. The molecule has 0 saturated heterocycles. The van der Waals surface area contributed by atoms with E-state index >= 15 is 0 Å². The van der Waals surface area contributed by atoms with Crippen molar-refractivity contribution in [3.63, 3.8) is 0 Å². The van der Waals surface area contributed by atoms with Gasteiger partial charge in [-0.25, -0.2) is 9.97 Å². The second-order valence-electron chi connectivity index (χ2n) is 4.40. The second kappa shape index (κ2) is 4.54. The van der Waals surface area contributed by atoms with Crippen LogP contribution in [0.3, 0.4) is 0 Å². The summed E-state index contributed by atoms with van der Waals surface area (Å²) in [5.41, 5.74) is 3.64. The molecule has 0 atom stereocenters. The Bertz CT molecular complexity index is 766. The van der Waals surface area contributed by atoms with E-state index in [1.54, 1.807) is 6.20 Å². The largest absolute Gasteiger partial charge is 0.295 e. The van der Waals surface area contributed by atoms with Gasteiger partial charge in [0.1, 0.15) is 17.9 Å². The maximum Gasteiger partial charge on any atom is 0.161 e. The molecule has 0 aliphatic carbocycles. The Balaban J connectivity index is 2.29. The summed E-state index contributed by atoms with van der Waals surface area (Å²) in [7, 11) is 0. The number of pyridine rings is 1. The van der Waals surface area contributed by atoms with Gasteiger partial charge >= 0.3 is 0 Å². The molecule has 0 bridgehead atoms. The molecule has 0 aliphatic heterocycles. The molecule has 92 valence electrons. The van der Waals surface area contributed by atoms with Gasteiger partial charge in [0.25, 0.3) is 0 Å². The summed E-state index contributed by atoms with van der Waals surface area (Å²) >= 11 is 0. The molecule has 4 nitrogen and oxygen atoms in total. The van der Waals surface area contributed by atoms with E-state index in [1.807, 2.05) is 47.9 Å². The van der Waals surface area contributed by atoms with Crippen LogP contribution >= 0.6 is 0 Å². The van der Waals surface area contributed by atoms with Crippen LogP contribution in [0.2, 0.25) is 0 Å². The molecule has 0 saturated carbocycles. The number of imidazole rings is 1. The number of aromatic nitrogens is 3. The standard InChI is InChI=1S/C15H12N4/c1-11-9-13-15(17-10-11)19(8-7-16)14(18-13)12-5-3-2-4-6-12/h2-6,9-10H,8H2,1H3. The molecule has 2 aromatic heterocycles. The second-order valence-corrected chi connectivity index (χ2v) is 4.40. The highest BCUT2D eigenvalue weighted by molar-refractivity contribution is 5.77. The predicted octanol–water partition coefficient (Wildman–Crippen LogP) is 2.93. The maximum atomic E-state index is 9.00. The number of nitrogens with zero attached hydrogens (tertiary/aromatic N) is 4. The molecule has 4 heteroatoms. The molecule has 0 N–H and O–H groups in total. The highest BCUT2D eigenvalue weighted by Crippen LogP contribution is 2.23. The van der Waals surface area contributed by atoms with Crippen molar-refractivity contribution in [2.24, 2.45) is 0 Å². The molecule has 0 spiro atoms. The quantitative estimate of drug-likeness (QED) is 0.700. The van der Waals surface area contributed by atoms with Gasteiger partial charge in [-0.1, -0.05) is 30.3 Å². The first-order valence-electron chi connectivity index (χ1n) is 6.05. The first kappa shape index (κ1) is 11.4. The summed E-state index contributed by atoms with van der Waals surface area (Å²) in [5, 5.41) is 9.00. The zero-order chi connectivity index (χ0) is 13.2. The van der Waals surface area contributed by atoms with Crippen molar-refractivity contribution in [1.29, 1.82) is 5.26 Å². The zero-order valence-corrected chi connectivity index (χ0v) is 10.5. The smallest absolute Gasteiger partial charge is 0.161 e. The monoisotopic (exact) mass is 248 g/mol. The van der Waals surface area contributed by atoms with Crippen molar-refractivity contribution in [3.05, 3.63) is 48.2 Å². The summed E-state index contributed by atoms with van der Waals surface area (Å²) in [4.78, 5) is 9.01. The molecule has 1 aromatic carbocycles. The summed E-state index contributed by atoms with van der Waals surface area (Å²) in [6.45, 7) is 2.23. The van der Waals surface area contributed by atoms with Crippen molar-refractivity contribution in [3.8, 4) is 17.5 Å². The van der Waals surface area contributed by atoms with E-state index in [0.29, 0.717) is 0 Å². The number of hydrogen-bond donors (Lipinski definition) is 0. The van der Waals surface area contributed by atoms with Crippen LogP contribution in [-0.4, -0.2) is 14.5 Å². The molecule has 0 radical (unpaired) electrons. The SMILES string of the molecule is Cc1cnc2c(c1)nc(-c1ccccc1)n2CC#N. The number of hydrogen-bond acceptors (Lipinski definition) is 3. The van der Waals surface area contributed by atoms with Crippen LogP contribution in [-0.2, 0) is 6.54 Å². The van der Waals surface area contributed by atoms with E-state index < -0.39 is 0 Å². The first-order chi connectivity index (χ1) is 9.29.